The van der Waals surface area contributed by atoms with E-state index in [1.165, 1.54) is 0 Å². The third-order valence-electron chi connectivity index (χ3n) is 13.0. The Bertz CT molecular complexity index is 4030. The molecule has 9 rings (SSSR count). The van der Waals surface area contributed by atoms with Crippen molar-refractivity contribution in [1.29, 1.82) is 0 Å². The average molecular weight is 1360 g/mol. The fourth-order valence-corrected chi connectivity index (χ4v) is 13.1. The second-order valence-corrected chi connectivity index (χ2v) is 25.6. The van der Waals surface area contributed by atoms with Crippen molar-refractivity contribution in [2.24, 2.45) is 0 Å². The van der Waals surface area contributed by atoms with Gasteiger partial charge in [-0.2, -0.15) is 9.97 Å². The van der Waals surface area contributed by atoms with Crippen molar-refractivity contribution in [3.63, 3.8) is 0 Å². The molecule has 51 heteroatoms. The highest BCUT2D eigenvalue weighted by Gasteiger charge is 2.56. The summed E-state index contributed by atoms with van der Waals surface area (Å²) in [6.07, 6.45) is -30.7. The monoisotopic (exact) mass is 1360 g/mol. The van der Waals surface area contributed by atoms with Gasteiger partial charge in [0.05, 0.1) is 32.8 Å². The molecule has 4 fully saturated rings. The molecule has 0 radical (unpaired) electrons. The third-order valence-corrected chi connectivity index (χ3v) is 16.9. The minimum absolute atomic E-state index is 0.355. The Morgan fingerprint density at radius 2 is 0.864 bits per heavy atom. The molecule has 46 nitrogen and oxygen atoms in total. The number of rotatable bonds is 24. The summed E-state index contributed by atoms with van der Waals surface area (Å²) < 4.78 is 130. The number of hydrogen-bond acceptors (Lipinski definition) is 32. The fraction of sp³-hybridized carbons (Fsp3) is 0.541. The molecule has 0 aromatic carbocycles. The quantitative estimate of drug-likeness (QED) is 0.0255. The molecule has 0 spiro atoms. The van der Waals surface area contributed by atoms with Crippen molar-refractivity contribution in [3.8, 4) is 0 Å². The number of imidazole rings is 1. The summed E-state index contributed by atoms with van der Waals surface area (Å²) >= 11 is 0. The number of phosphoric ester groups is 5. The number of nitrogens with zero attached hydrogens (tertiary/aromatic N) is 7. The standard InChI is InChI=1S/C37H49N12O34P5/c38-16-1-4-46(35(57)41-16)31-22(54)26(14(78-31)9-74-87(68,69)81-25-12(7-72-84(60,61)62)76-32(21(25)53)48-6-3-18(51)43-37(48)59)82-88(70,71)75-10-15-27(23(55)33(79-15)49-11-40-19-28(49)44-34(39)45-29(19)56)83-86(66,67)73-8-13-24(80-85(63,64)65)20(52)30(77-13)47-5-2-17(50)42-36(47)58/h1-6,11-15,20-27,30-33,52-55H,7-10H2,(H,66,67)(H,68,69)(H,70,71)(H2,38,41,57)(H,42,50,58)(H,43,51,59)(H2,60,61,62)(H2,63,64,65)(H3,39,44,45,56)/t12-,13-,14-,15-,20-,21-,22-,23-,24-,25-,26-,27-,30-,31-,32-,33-/m1/s1. The summed E-state index contributed by atoms with van der Waals surface area (Å²) in [7, 11) is -28.4. The second kappa shape index (κ2) is 25.6. The van der Waals surface area contributed by atoms with E-state index in [9.17, 15) is 106 Å². The zero-order valence-electron chi connectivity index (χ0n) is 43.4. The van der Waals surface area contributed by atoms with Crippen molar-refractivity contribution in [2.45, 2.75) is 98.2 Å². The van der Waals surface area contributed by atoms with Gasteiger partial charge in [-0.05, 0) is 6.07 Å². The SMILES string of the molecule is Nc1ccn([C@@H]2O[C@H](COP(=O)(O)O[C@H]3[C@@H](O)[C@H](n4ccc(=O)[nH]c4=O)O[C@@H]3COP(=O)(O)O)[C@@H](OP(=O)(O)OC[C@H]3O[C@@H](n4cnc5c(=O)[nH]c(N)nc54)[C@H](O)[C@@H]3OP(=O)(O)OC[C@H]3O[C@@H](n4ccc(=O)[nH]c4=O)[C@H](O)[C@@H]3OP(=O)(O)O)[C@H]2O)c(=O)n1. The number of nitrogens with one attached hydrogen (secondary N) is 3. The lowest BCUT2D eigenvalue weighted by Crippen LogP contribution is -2.39. The first-order chi connectivity index (χ1) is 41.0. The van der Waals surface area contributed by atoms with Crippen LogP contribution in [0.4, 0.5) is 11.8 Å². The smallest absolute Gasteiger partial charge is 0.386 e. The maximum atomic E-state index is 14.0. The van der Waals surface area contributed by atoms with Gasteiger partial charge in [0.2, 0.25) is 5.95 Å². The number of hydrogen-bond donors (Lipinski definition) is 16. The molecule has 0 amide bonds. The normalized spacial score (nSPS) is 31.4. The van der Waals surface area contributed by atoms with Crippen LogP contribution in [0.15, 0.2) is 71.9 Å². The molecule has 88 heavy (non-hydrogen) atoms. The van der Waals surface area contributed by atoms with Gasteiger partial charge in [-0.25, -0.2) is 42.2 Å². The Balaban J connectivity index is 0.950. The number of aromatic amines is 3. The highest BCUT2D eigenvalue weighted by molar-refractivity contribution is 7.48. The fourth-order valence-electron chi connectivity index (χ4n) is 9.24. The molecule has 0 saturated carbocycles. The Hall–Kier alpha value is -5.58. The van der Waals surface area contributed by atoms with E-state index < -0.39 is 215 Å². The number of ether oxygens (including phenoxy) is 4. The molecule has 4 saturated heterocycles. The van der Waals surface area contributed by atoms with Crippen molar-refractivity contribution in [3.05, 3.63) is 106 Å². The van der Waals surface area contributed by atoms with Gasteiger partial charge >= 0.3 is 56.2 Å². The van der Waals surface area contributed by atoms with E-state index in [-0.39, 0.29) is 5.82 Å². The maximum Gasteiger partial charge on any atom is 0.472 e. The topological polar surface area (TPSA) is 679 Å². The lowest BCUT2D eigenvalue weighted by molar-refractivity contribution is -0.0647. The van der Waals surface area contributed by atoms with Gasteiger partial charge in [-0.3, -0.25) is 83.8 Å². The molecule has 486 valence electrons. The average Bonchev–Trinajstić information content (AvgIpc) is 2.06. The van der Waals surface area contributed by atoms with Gasteiger partial charge in [-0.1, -0.05) is 0 Å². The van der Waals surface area contributed by atoms with Crippen LogP contribution in [0.5, 0.6) is 0 Å². The molecule has 0 aliphatic carbocycles. The van der Waals surface area contributed by atoms with E-state index in [1.54, 1.807) is 0 Å². The van der Waals surface area contributed by atoms with Crippen LogP contribution in [0, 0.1) is 0 Å². The van der Waals surface area contributed by atoms with Gasteiger partial charge in [0.15, 0.2) is 36.1 Å². The van der Waals surface area contributed by atoms with Gasteiger partial charge in [0.25, 0.3) is 16.7 Å². The molecule has 3 unspecified atom stereocenters. The number of aliphatic hydroxyl groups excluding tert-OH is 4. The lowest BCUT2D eigenvalue weighted by Gasteiger charge is -2.27. The number of phosphoric acid groups is 5. The summed E-state index contributed by atoms with van der Waals surface area (Å²) in [5, 5.41) is 45.5. The zero-order valence-corrected chi connectivity index (χ0v) is 47.9. The van der Waals surface area contributed by atoms with Crippen LogP contribution < -0.4 is 45.2 Å². The van der Waals surface area contributed by atoms with Crippen LogP contribution in [0.1, 0.15) is 24.9 Å². The molecule has 5 aromatic heterocycles. The van der Waals surface area contributed by atoms with Crippen LogP contribution in [0.2, 0.25) is 0 Å². The summed E-state index contributed by atoms with van der Waals surface area (Å²) in [5.74, 6) is -0.861. The van der Waals surface area contributed by atoms with Crippen LogP contribution in [0.25, 0.3) is 11.2 Å². The number of nitrogen functional groups attached to an aromatic ring is 2. The van der Waals surface area contributed by atoms with Gasteiger partial charge in [0, 0.05) is 30.7 Å². The summed E-state index contributed by atoms with van der Waals surface area (Å²) in [5.41, 5.74) is 4.07. The molecular weight excluding hydrogens is 1310 g/mol. The first-order valence-electron chi connectivity index (χ1n) is 24.4. The highest BCUT2D eigenvalue weighted by Crippen LogP contribution is 2.54. The Morgan fingerprint density at radius 1 is 0.489 bits per heavy atom. The summed E-state index contributed by atoms with van der Waals surface area (Å²) in [4.78, 5) is 163. The first kappa shape index (κ1) is 66.8. The maximum absolute atomic E-state index is 14.0. The van der Waals surface area contributed by atoms with Gasteiger partial charge < -0.3 is 85.1 Å². The largest absolute Gasteiger partial charge is 0.472 e. The highest BCUT2D eigenvalue weighted by atomic mass is 31.2. The number of anilines is 2. The molecule has 4 aliphatic heterocycles. The van der Waals surface area contributed by atoms with E-state index in [4.69, 9.17) is 57.6 Å². The number of nitrogens with two attached hydrogens (primary N) is 2. The predicted octanol–water partition coefficient (Wildman–Crippen LogP) is -7.23. The number of H-pyrrole nitrogens is 3. The van der Waals surface area contributed by atoms with E-state index in [2.05, 4.69) is 29.0 Å². The zero-order chi connectivity index (χ0) is 64.3. The molecule has 9 heterocycles. The van der Waals surface area contributed by atoms with Crippen molar-refractivity contribution in [1.82, 2.24) is 48.2 Å². The molecule has 4 aliphatic rings. The first-order valence-corrected chi connectivity index (χ1v) is 32.0. The van der Waals surface area contributed by atoms with Crippen LogP contribution in [-0.2, 0) is 78.0 Å². The summed E-state index contributed by atoms with van der Waals surface area (Å²) in [6, 6.07) is 2.62. The van der Waals surface area contributed by atoms with Gasteiger partial charge in [0.1, 0.15) is 79.1 Å². The molecule has 18 N–H and O–H groups in total. The number of fused-ring (bicyclic) bond motifs is 1. The lowest BCUT2D eigenvalue weighted by atomic mass is 10.1. The number of aromatic nitrogens is 10. The summed E-state index contributed by atoms with van der Waals surface area (Å²) in [6.45, 7) is -5.32. The Kier molecular flexibility index (Phi) is 19.4. The Morgan fingerprint density at radius 3 is 1.25 bits per heavy atom. The van der Waals surface area contributed by atoms with Crippen LogP contribution >= 0.6 is 39.1 Å². The van der Waals surface area contributed by atoms with Crippen LogP contribution in [0.3, 0.4) is 0 Å². The van der Waals surface area contributed by atoms with Gasteiger partial charge in [-0.15, -0.1) is 0 Å². The molecule has 19 atom stereocenters. The minimum Gasteiger partial charge on any atom is -0.386 e. The number of aliphatic hydroxyl groups is 4. The van der Waals surface area contributed by atoms with E-state index in [0.29, 0.717) is 13.7 Å². The molecule has 5 aromatic rings. The Labute approximate surface area is 483 Å². The van der Waals surface area contributed by atoms with E-state index in [0.717, 1.165) is 47.7 Å². The van der Waals surface area contributed by atoms with E-state index >= 15 is 0 Å². The van der Waals surface area contributed by atoms with Crippen molar-refractivity contribution >= 4 is 62.0 Å². The molecule has 0 bridgehead atoms. The van der Waals surface area contributed by atoms with Crippen molar-refractivity contribution in [2.75, 3.05) is 37.9 Å². The van der Waals surface area contributed by atoms with E-state index in [1.807, 2.05) is 9.97 Å². The minimum atomic E-state index is -5.89. The third kappa shape index (κ3) is 15.2. The van der Waals surface area contributed by atoms with Crippen molar-refractivity contribution < 1.29 is 133 Å². The van der Waals surface area contributed by atoms with Crippen LogP contribution in [-0.4, -0.2) is 203 Å². The second-order valence-electron chi connectivity index (χ2n) is 18.9. The predicted molar refractivity (Wildman–Crippen MR) is 275 cm³/mol. The molecular formula is C37H49N12O34P5.